The van der Waals surface area contributed by atoms with Crippen molar-refractivity contribution in [2.24, 2.45) is 5.92 Å². The summed E-state index contributed by atoms with van der Waals surface area (Å²) >= 11 is 0. The lowest BCUT2D eigenvalue weighted by Crippen LogP contribution is -2.26. The third kappa shape index (κ3) is 3.55. The molecule has 1 atom stereocenters. The Balaban J connectivity index is 1.90. The van der Waals surface area contributed by atoms with Gasteiger partial charge in [-0.3, -0.25) is 0 Å². The standard InChI is InChI=1S/C15H24N2/c1-12-4-5-15(13(2)8-12)11-17(3)10-14-6-7-16-9-14/h4-5,8,14,16H,6-7,9-11H2,1-3H3. The Hall–Kier alpha value is -0.860. The fourth-order valence-electron chi connectivity index (χ4n) is 2.69. The van der Waals surface area contributed by atoms with Gasteiger partial charge in [0, 0.05) is 13.1 Å². The van der Waals surface area contributed by atoms with E-state index in [0.29, 0.717) is 0 Å². The van der Waals surface area contributed by atoms with Gasteiger partial charge in [-0.05, 0) is 57.5 Å². The van der Waals surface area contributed by atoms with Crippen LogP contribution in [0.2, 0.25) is 0 Å². The number of hydrogen-bond acceptors (Lipinski definition) is 2. The number of aryl methyl sites for hydroxylation is 2. The molecule has 1 aliphatic heterocycles. The van der Waals surface area contributed by atoms with Gasteiger partial charge in [0.15, 0.2) is 0 Å². The third-order valence-corrected chi connectivity index (χ3v) is 3.67. The first-order valence-corrected chi connectivity index (χ1v) is 6.60. The van der Waals surface area contributed by atoms with Gasteiger partial charge in [0.25, 0.3) is 0 Å². The van der Waals surface area contributed by atoms with Crippen molar-refractivity contribution >= 4 is 0 Å². The molecule has 0 saturated carbocycles. The minimum Gasteiger partial charge on any atom is -0.316 e. The number of rotatable bonds is 4. The summed E-state index contributed by atoms with van der Waals surface area (Å²) in [6, 6.07) is 6.77. The molecule has 0 spiro atoms. The van der Waals surface area contributed by atoms with Gasteiger partial charge in [0.2, 0.25) is 0 Å². The molecule has 94 valence electrons. The van der Waals surface area contributed by atoms with E-state index in [4.69, 9.17) is 0 Å². The third-order valence-electron chi connectivity index (χ3n) is 3.67. The van der Waals surface area contributed by atoms with Crippen LogP contribution in [-0.4, -0.2) is 31.6 Å². The van der Waals surface area contributed by atoms with Crippen molar-refractivity contribution in [1.29, 1.82) is 0 Å². The van der Waals surface area contributed by atoms with E-state index in [9.17, 15) is 0 Å². The van der Waals surface area contributed by atoms with Crippen molar-refractivity contribution in [1.82, 2.24) is 10.2 Å². The number of nitrogens with one attached hydrogen (secondary N) is 1. The average molecular weight is 232 g/mol. The molecule has 1 aromatic rings. The summed E-state index contributed by atoms with van der Waals surface area (Å²) < 4.78 is 0. The largest absolute Gasteiger partial charge is 0.316 e. The van der Waals surface area contributed by atoms with Crippen LogP contribution >= 0.6 is 0 Å². The van der Waals surface area contributed by atoms with E-state index in [1.54, 1.807) is 0 Å². The highest BCUT2D eigenvalue weighted by atomic mass is 15.1. The second-order valence-corrected chi connectivity index (χ2v) is 5.49. The molecule has 1 heterocycles. The van der Waals surface area contributed by atoms with Crippen molar-refractivity contribution in [2.45, 2.75) is 26.8 Å². The van der Waals surface area contributed by atoms with Crippen LogP contribution in [0.15, 0.2) is 18.2 Å². The summed E-state index contributed by atoms with van der Waals surface area (Å²) in [6.07, 6.45) is 1.33. The molecule has 1 saturated heterocycles. The molecule has 0 aliphatic carbocycles. The first-order valence-electron chi connectivity index (χ1n) is 6.60. The minimum atomic E-state index is 0.839. The highest BCUT2D eigenvalue weighted by Crippen LogP contribution is 2.15. The molecule has 2 heteroatoms. The van der Waals surface area contributed by atoms with E-state index in [2.05, 4.69) is 49.3 Å². The Morgan fingerprint density at radius 2 is 2.18 bits per heavy atom. The molecular formula is C15H24N2. The predicted octanol–water partition coefficient (Wildman–Crippen LogP) is 2.34. The van der Waals surface area contributed by atoms with Gasteiger partial charge in [-0.2, -0.15) is 0 Å². The molecule has 0 aromatic heterocycles. The maximum Gasteiger partial charge on any atom is 0.0233 e. The van der Waals surface area contributed by atoms with E-state index in [-0.39, 0.29) is 0 Å². The topological polar surface area (TPSA) is 15.3 Å². The van der Waals surface area contributed by atoms with Gasteiger partial charge in [-0.15, -0.1) is 0 Å². The van der Waals surface area contributed by atoms with Crippen molar-refractivity contribution in [3.05, 3.63) is 34.9 Å². The molecule has 1 fully saturated rings. The molecule has 17 heavy (non-hydrogen) atoms. The van der Waals surface area contributed by atoms with Crippen LogP contribution in [0.1, 0.15) is 23.1 Å². The zero-order chi connectivity index (χ0) is 12.3. The maximum absolute atomic E-state index is 3.43. The quantitative estimate of drug-likeness (QED) is 0.857. The minimum absolute atomic E-state index is 0.839. The first-order chi connectivity index (χ1) is 8.15. The van der Waals surface area contributed by atoms with Crippen LogP contribution in [-0.2, 0) is 6.54 Å². The second-order valence-electron chi connectivity index (χ2n) is 5.49. The van der Waals surface area contributed by atoms with Crippen LogP contribution in [0.25, 0.3) is 0 Å². The summed E-state index contributed by atoms with van der Waals surface area (Å²) in [5.74, 6) is 0.839. The Bertz CT molecular complexity index is 367. The van der Waals surface area contributed by atoms with Gasteiger partial charge in [0.1, 0.15) is 0 Å². The van der Waals surface area contributed by atoms with Gasteiger partial charge in [-0.25, -0.2) is 0 Å². The van der Waals surface area contributed by atoms with Gasteiger partial charge < -0.3 is 10.2 Å². The Morgan fingerprint density at radius 1 is 1.35 bits per heavy atom. The summed E-state index contributed by atoms with van der Waals surface area (Å²) in [5, 5.41) is 3.43. The van der Waals surface area contributed by atoms with Crippen LogP contribution in [0.4, 0.5) is 0 Å². The number of hydrogen-bond donors (Lipinski definition) is 1. The van der Waals surface area contributed by atoms with E-state index >= 15 is 0 Å². The lowest BCUT2D eigenvalue weighted by atomic mass is 10.0. The summed E-state index contributed by atoms with van der Waals surface area (Å²) in [4.78, 5) is 2.45. The fourth-order valence-corrected chi connectivity index (χ4v) is 2.69. The highest BCUT2D eigenvalue weighted by molar-refractivity contribution is 5.30. The molecule has 0 radical (unpaired) electrons. The Labute approximate surface area is 105 Å². The maximum atomic E-state index is 3.43. The molecule has 2 nitrogen and oxygen atoms in total. The van der Waals surface area contributed by atoms with Crippen molar-refractivity contribution < 1.29 is 0 Å². The summed E-state index contributed by atoms with van der Waals surface area (Å²) in [7, 11) is 2.23. The van der Waals surface area contributed by atoms with Crippen LogP contribution in [0.3, 0.4) is 0 Å². The Kier molecular flexibility index (Phi) is 4.19. The average Bonchev–Trinajstić information content (AvgIpc) is 2.75. The molecule has 2 rings (SSSR count). The Morgan fingerprint density at radius 3 is 2.82 bits per heavy atom. The second kappa shape index (κ2) is 5.65. The molecule has 1 N–H and O–H groups in total. The summed E-state index contributed by atoms with van der Waals surface area (Å²) in [5.41, 5.74) is 4.24. The molecule has 0 bridgehead atoms. The first kappa shape index (κ1) is 12.6. The van der Waals surface area contributed by atoms with Crippen molar-refractivity contribution in [3.63, 3.8) is 0 Å². The van der Waals surface area contributed by atoms with E-state index in [0.717, 1.165) is 12.5 Å². The lowest BCUT2D eigenvalue weighted by Gasteiger charge is -2.21. The van der Waals surface area contributed by atoms with Gasteiger partial charge in [-0.1, -0.05) is 23.8 Å². The van der Waals surface area contributed by atoms with Crippen molar-refractivity contribution in [3.8, 4) is 0 Å². The van der Waals surface area contributed by atoms with Crippen molar-refractivity contribution in [2.75, 3.05) is 26.7 Å². The predicted molar refractivity (Wildman–Crippen MR) is 73.2 cm³/mol. The van der Waals surface area contributed by atoms with Crippen LogP contribution in [0.5, 0.6) is 0 Å². The lowest BCUT2D eigenvalue weighted by molar-refractivity contribution is 0.278. The van der Waals surface area contributed by atoms with Gasteiger partial charge >= 0.3 is 0 Å². The van der Waals surface area contributed by atoms with E-state index in [1.807, 2.05) is 0 Å². The molecular weight excluding hydrogens is 208 g/mol. The zero-order valence-corrected chi connectivity index (χ0v) is 11.3. The monoisotopic (exact) mass is 232 g/mol. The highest BCUT2D eigenvalue weighted by Gasteiger charge is 2.16. The number of benzene rings is 1. The van der Waals surface area contributed by atoms with Crippen LogP contribution < -0.4 is 5.32 Å². The fraction of sp³-hybridized carbons (Fsp3) is 0.600. The SMILES string of the molecule is Cc1ccc(CN(C)CC2CCNC2)c(C)c1. The number of nitrogens with zero attached hydrogens (tertiary/aromatic N) is 1. The molecule has 1 aliphatic rings. The van der Waals surface area contributed by atoms with Gasteiger partial charge in [0.05, 0.1) is 0 Å². The molecule has 1 unspecified atom stereocenters. The molecule has 0 amide bonds. The van der Waals surface area contributed by atoms with Crippen LogP contribution in [0, 0.1) is 19.8 Å². The smallest absolute Gasteiger partial charge is 0.0233 e. The zero-order valence-electron chi connectivity index (χ0n) is 11.3. The van der Waals surface area contributed by atoms with E-state index < -0.39 is 0 Å². The summed E-state index contributed by atoms with van der Waals surface area (Å²) in [6.45, 7) is 9.04. The van der Waals surface area contributed by atoms with E-state index in [1.165, 1.54) is 42.7 Å². The molecule has 1 aromatic carbocycles. The normalized spacial score (nSPS) is 20.1.